The van der Waals surface area contributed by atoms with Crippen molar-refractivity contribution in [1.82, 2.24) is 4.31 Å². The fourth-order valence-electron chi connectivity index (χ4n) is 3.19. The SMILES string of the molecule is CC1=CN(S)C(C2=CC(c3ccccc3)=CCC2C)C=C1.CC=CCC. The number of benzene rings is 1. The first-order valence-corrected chi connectivity index (χ1v) is 9.88. The Kier molecular flexibility index (Phi) is 8.06. The van der Waals surface area contributed by atoms with Crippen LogP contribution in [0.1, 0.15) is 46.1 Å². The van der Waals surface area contributed by atoms with Crippen LogP contribution >= 0.6 is 12.8 Å². The molecule has 1 aliphatic heterocycles. The van der Waals surface area contributed by atoms with Crippen LogP contribution in [0, 0.1) is 5.92 Å². The molecule has 0 amide bonds. The number of thiol groups is 1. The molecule has 2 unspecified atom stereocenters. The van der Waals surface area contributed by atoms with E-state index in [0.29, 0.717) is 5.92 Å². The summed E-state index contributed by atoms with van der Waals surface area (Å²) in [5.74, 6) is 0.550. The van der Waals surface area contributed by atoms with Crippen LogP contribution in [0.15, 0.2) is 84.1 Å². The molecule has 0 fully saturated rings. The average molecular weight is 366 g/mol. The van der Waals surface area contributed by atoms with Gasteiger partial charge in [0.05, 0.1) is 6.04 Å². The summed E-state index contributed by atoms with van der Waals surface area (Å²) in [5.41, 5.74) is 5.29. The molecule has 0 saturated heterocycles. The first-order chi connectivity index (χ1) is 12.6. The van der Waals surface area contributed by atoms with E-state index < -0.39 is 0 Å². The lowest BCUT2D eigenvalue weighted by Crippen LogP contribution is -2.29. The zero-order valence-corrected chi connectivity index (χ0v) is 17.3. The van der Waals surface area contributed by atoms with E-state index in [1.54, 1.807) is 0 Å². The Morgan fingerprint density at radius 3 is 2.54 bits per heavy atom. The van der Waals surface area contributed by atoms with Gasteiger partial charge in [-0.05, 0) is 54.9 Å². The van der Waals surface area contributed by atoms with Gasteiger partial charge < -0.3 is 4.31 Å². The van der Waals surface area contributed by atoms with Crippen LogP contribution in [0.25, 0.3) is 5.57 Å². The van der Waals surface area contributed by atoms with Crippen molar-refractivity contribution < 1.29 is 0 Å². The maximum Gasteiger partial charge on any atom is 0.0797 e. The second kappa shape index (κ2) is 10.3. The van der Waals surface area contributed by atoms with Crippen LogP contribution in [0.2, 0.25) is 0 Å². The van der Waals surface area contributed by atoms with E-state index >= 15 is 0 Å². The van der Waals surface area contributed by atoms with Gasteiger partial charge in [0.2, 0.25) is 0 Å². The minimum atomic E-state index is 0.249. The lowest BCUT2D eigenvalue weighted by Gasteiger charge is -2.33. The summed E-state index contributed by atoms with van der Waals surface area (Å²) < 4.78 is 2.02. The predicted molar refractivity (Wildman–Crippen MR) is 119 cm³/mol. The molecule has 0 bridgehead atoms. The molecule has 2 heteroatoms. The Balaban J connectivity index is 0.000000431. The first kappa shape index (κ1) is 20.4. The third kappa shape index (κ3) is 5.54. The lowest BCUT2D eigenvalue weighted by atomic mass is 9.83. The first-order valence-electron chi connectivity index (χ1n) is 9.48. The van der Waals surface area contributed by atoms with Crippen molar-refractivity contribution in [3.63, 3.8) is 0 Å². The van der Waals surface area contributed by atoms with Crippen LogP contribution in [0.3, 0.4) is 0 Å². The molecule has 138 valence electrons. The van der Waals surface area contributed by atoms with Crippen molar-refractivity contribution in [2.45, 2.75) is 46.6 Å². The standard InChI is InChI=1S/C19H21NS.C5H10/c1-14-8-11-19(20(21)13-14)18-12-17(10-9-15(18)2)16-6-4-3-5-7-16;1-3-5-4-2/h3-8,10-13,15,19,21H,9H2,1-2H3;3,5H,4H2,1-2H3. The van der Waals surface area contributed by atoms with Gasteiger partial charge in [-0.3, -0.25) is 0 Å². The molecule has 0 saturated carbocycles. The maximum absolute atomic E-state index is 4.63. The largest absolute Gasteiger partial charge is 0.314 e. The van der Waals surface area contributed by atoms with Crippen molar-refractivity contribution in [3.05, 3.63) is 89.7 Å². The summed E-state index contributed by atoms with van der Waals surface area (Å²) in [7, 11) is 0. The van der Waals surface area contributed by atoms with Crippen molar-refractivity contribution in [3.8, 4) is 0 Å². The average Bonchev–Trinajstić information content (AvgIpc) is 2.65. The summed E-state index contributed by atoms with van der Waals surface area (Å²) in [5, 5.41) is 0. The van der Waals surface area contributed by atoms with Crippen molar-refractivity contribution >= 4 is 18.4 Å². The van der Waals surface area contributed by atoms with Gasteiger partial charge in [0, 0.05) is 6.20 Å². The van der Waals surface area contributed by atoms with Gasteiger partial charge in [-0.1, -0.05) is 93.5 Å². The molecule has 0 aromatic heterocycles. The molecule has 1 aromatic rings. The van der Waals surface area contributed by atoms with E-state index in [-0.39, 0.29) is 6.04 Å². The van der Waals surface area contributed by atoms with Gasteiger partial charge in [-0.2, -0.15) is 0 Å². The summed E-state index contributed by atoms with van der Waals surface area (Å²) >= 11 is 4.63. The highest BCUT2D eigenvalue weighted by atomic mass is 32.1. The number of allylic oxidation sites excluding steroid dienone is 7. The number of rotatable bonds is 3. The predicted octanol–water partition coefficient (Wildman–Crippen LogP) is 7.00. The van der Waals surface area contributed by atoms with Crippen LogP contribution in [-0.2, 0) is 0 Å². The van der Waals surface area contributed by atoms with E-state index in [1.807, 2.05) is 11.2 Å². The molecular weight excluding hydrogens is 334 g/mol. The van der Waals surface area contributed by atoms with Crippen molar-refractivity contribution in [1.29, 1.82) is 0 Å². The summed E-state index contributed by atoms with van der Waals surface area (Å²) in [6.45, 7) is 8.55. The highest BCUT2D eigenvalue weighted by Crippen LogP contribution is 2.34. The lowest BCUT2D eigenvalue weighted by molar-refractivity contribution is 0.509. The molecular formula is C24H31NS. The summed E-state index contributed by atoms with van der Waals surface area (Å²) in [4.78, 5) is 0. The number of hydrogen-bond acceptors (Lipinski definition) is 2. The van der Waals surface area contributed by atoms with Crippen LogP contribution < -0.4 is 0 Å². The van der Waals surface area contributed by atoms with E-state index in [2.05, 4.69) is 107 Å². The molecule has 0 N–H and O–H groups in total. The van der Waals surface area contributed by atoms with Gasteiger partial charge in [-0.25, -0.2) is 0 Å². The van der Waals surface area contributed by atoms with Gasteiger partial charge in [-0.15, -0.1) is 0 Å². The van der Waals surface area contributed by atoms with Gasteiger partial charge in [0.1, 0.15) is 0 Å². The smallest absolute Gasteiger partial charge is 0.0797 e. The second-order valence-electron chi connectivity index (χ2n) is 6.84. The van der Waals surface area contributed by atoms with Crippen LogP contribution in [0.5, 0.6) is 0 Å². The molecule has 1 aliphatic carbocycles. The van der Waals surface area contributed by atoms with E-state index in [4.69, 9.17) is 0 Å². The van der Waals surface area contributed by atoms with Gasteiger partial charge >= 0.3 is 0 Å². The van der Waals surface area contributed by atoms with Crippen molar-refractivity contribution in [2.24, 2.45) is 5.92 Å². The number of nitrogens with zero attached hydrogens (tertiary/aromatic N) is 1. The van der Waals surface area contributed by atoms with Crippen LogP contribution in [0.4, 0.5) is 0 Å². The molecule has 0 spiro atoms. The highest BCUT2D eigenvalue weighted by Gasteiger charge is 2.24. The summed E-state index contributed by atoms with van der Waals surface area (Å²) in [6, 6.07) is 10.9. The second-order valence-corrected chi connectivity index (χ2v) is 7.30. The molecule has 2 atom stereocenters. The summed E-state index contributed by atoms with van der Waals surface area (Å²) in [6.07, 6.45) is 17.7. The Labute approximate surface area is 165 Å². The zero-order chi connectivity index (χ0) is 18.9. The van der Waals surface area contributed by atoms with Gasteiger partial charge in [0.15, 0.2) is 0 Å². The van der Waals surface area contributed by atoms with Crippen molar-refractivity contribution in [2.75, 3.05) is 0 Å². The third-order valence-corrected chi connectivity index (χ3v) is 5.03. The minimum Gasteiger partial charge on any atom is -0.314 e. The zero-order valence-electron chi connectivity index (χ0n) is 16.4. The molecule has 3 rings (SSSR count). The number of hydrogen-bond donors (Lipinski definition) is 1. The molecule has 2 aliphatic rings. The van der Waals surface area contributed by atoms with Gasteiger partial charge in [0.25, 0.3) is 0 Å². The highest BCUT2D eigenvalue weighted by molar-refractivity contribution is 7.77. The fraction of sp³-hybridized carbons (Fsp3) is 0.333. The molecule has 0 radical (unpaired) electrons. The normalized spacial score (nSPS) is 22.3. The minimum absolute atomic E-state index is 0.249. The monoisotopic (exact) mass is 365 g/mol. The molecule has 1 heterocycles. The van der Waals surface area contributed by atoms with E-state index in [1.165, 1.54) is 22.3 Å². The Morgan fingerprint density at radius 2 is 1.96 bits per heavy atom. The Hall–Kier alpha value is -1.93. The Bertz CT molecular complexity index is 722. The topological polar surface area (TPSA) is 3.24 Å². The van der Waals surface area contributed by atoms with E-state index in [9.17, 15) is 0 Å². The van der Waals surface area contributed by atoms with Crippen LogP contribution in [-0.4, -0.2) is 10.3 Å². The molecule has 1 aromatic carbocycles. The fourth-order valence-corrected chi connectivity index (χ4v) is 3.58. The van der Waals surface area contributed by atoms with E-state index in [0.717, 1.165) is 12.8 Å². The third-order valence-electron chi connectivity index (χ3n) is 4.66. The Morgan fingerprint density at radius 1 is 1.23 bits per heavy atom. The molecule has 26 heavy (non-hydrogen) atoms. The molecule has 1 nitrogen and oxygen atoms in total. The maximum atomic E-state index is 4.63. The quantitative estimate of drug-likeness (QED) is 0.446.